The molecule has 0 aliphatic heterocycles. The number of carbonyl (C=O) groups is 1. The first kappa shape index (κ1) is 22.6. The summed E-state index contributed by atoms with van der Waals surface area (Å²) in [6.45, 7) is 0. The number of amides is 1. The summed E-state index contributed by atoms with van der Waals surface area (Å²) < 4.78 is 5.24. The van der Waals surface area contributed by atoms with Crippen LogP contribution in [0.5, 0.6) is 0 Å². The predicted octanol–water partition coefficient (Wildman–Crippen LogP) is 6.00. The summed E-state index contributed by atoms with van der Waals surface area (Å²) in [6, 6.07) is 21.3. The number of pyridine rings is 2. The van der Waals surface area contributed by atoms with E-state index in [9.17, 15) is 4.79 Å². The van der Waals surface area contributed by atoms with Crippen molar-refractivity contribution in [3.05, 3.63) is 103 Å². The molecule has 188 valence electrons. The average molecular weight is 512 g/mol. The van der Waals surface area contributed by atoms with Crippen LogP contribution in [0.1, 0.15) is 5.56 Å². The van der Waals surface area contributed by atoms with E-state index in [0.717, 1.165) is 49.9 Å². The molecule has 0 bridgehead atoms. The molecule has 0 spiro atoms. The first-order chi connectivity index (χ1) is 19.2. The molecule has 0 unspecified atom stereocenters. The number of rotatable bonds is 6. The van der Waals surface area contributed by atoms with Gasteiger partial charge in [0.2, 0.25) is 5.91 Å². The Hall–Kier alpha value is -5.57. The van der Waals surface area contributed by atoms with Crippen molar-refractivity contribution >= 4 is 33.5 Å². The maximum atomic E-state index is 12.6. The van der Waals surface area contributed by atoms with Crippen molar-refractivity contribution < 1.29 is 9.21 Å². The zero-order chi connectivity index (χ0) is 26.2. The van der Waals surface area contributed by atoms with Gasteiger partial charge in [-0.3, -0.25) is 19.9 Å². The Bertz CT molecular complexity index is 1940. The fourth-order valence-corrected chi connectivity index (χ4v) is 4.68. The summed E-state index contributed by atoms with van der Waals surface area (Å²) in [7, 11) is 0. The fourth-order valence-electron chi connectivity index (χ4n) is 4.68. The van der Waals surface area contributed by atoms with Gasteiger partial charge in [-0.25, -0.2) is 4.98 Å². The maximum absolute atomic E-state index is 12.6. The minimum atomic E-state index is -0.0955. The Morgan fingerprint density at radius 3 is 2.69 bits per heavy atom. The smallest absolute Gasteiger partial charge is 0.228 e. The van der Waals surface area contributed by atoms with E-state index in [2.05, 4.69) is 30.5 Å². The minimum absolute atomic E-state index is 0.0955. The molecule has 0 saturated heterocycles. The molecule has 0 radical (unpaired) electrons. The van der Waals surface area contributed by atoms with E-state index in [0.29, 0.717) is 23.6 Å². The summed E-state index contributed by atoms with van der Waals surface area (Å²) in [6.07, 6.45) is 8.73. The molecule has 2 aromatic carbocycles. The largest absolute Gasteiger partial charge is 0.472 e. The van der Waals surface area contributed by atoms with E-state index < -0.39 is 0 Å². The van der Waals surface area contributed by atoms with Gasteiger partial charge in [0.05, 0.1) is 41.9 Å². The fraction of sp³-hybridized carbons (Fsp3) is 0.0333. The number of aromatic nitrogens is 6. The molecule has 7 rings (SSSR count). The van der Waals surface area contributed by atoms with Crippen LogP contribution < -0.4 is 5.32 Å². The second-order valence-corrected chi connectivity index (χ2v) is 9.16. The van der Waals surface area contributed by atoms with Crippen LogP contribution in [-0.4, -0.2) is 36.0 Å². The van der Waals surface area contributed by atoms with Gasteiger partial charge in [-0.2, -0.15) is 5.10 Å². The van der Waals surface area contributed by atoms with Crippen molar-refractivity contribution in [2.45, 2.75) is 6.42 Å². The van der Waals surface area contributed by atoms with Gasteiger partial charge in [-0.15, -0.1) is 0 Å². The van der Waals surface area contributed by atoms with E-state index in [4.69, 9.17) is 9.40 Å². The lowest BCUT2D eigenvalue weighted by Gasteiger charge is -2.08. The maximum Gasteiger partial charge on any atom is 0.228 e. The second kappa shape index (κ2) is 9.38. The molecule has 0 saturated carbocycles. The summed E-state index contributed by atoms with van der Waals surface area (Å²) in [5.74, 6) is 0.535. The lowest BCUT2D eigenvalue weighted by atomic mass is 10.0. The molecule has 3 N–H and O–H groups in total. The highest BCUT2D eigenvalue weighted by molar-refractivity contribution is 5.98. The molecule has 0 aliphatic rings. The zero-order valence-electron chi connectivity index (χ0n) is 20.6. The molecule has 1 amide bonds. The monoisotopic (exact) mass is 511 g/mol. The van der Waals surface area contributed by atoms with E-state index in [1.165, 1.54) is 0 Å². The van der Waals surface area contributed by atoms with Crippen LogP contribution >= 0.6 is 0 Å². The summed E-state index contributed by atoms with van der Waals surface area (Å²) >= 11 is 0. The van der Waals surface area contributed by atoms with E-state index in [1.54, 1.807) is 31.1 Å². The molecule has 0 aliphatic carbocycles. The second-order valence-electron chi connectivity index (χ2n) is 9.16. The number of furan rings is 1. The van der Waals surface area contributed by atoms with Gasteiger partial charge < -0.3 is 14.7 Å². The van der Waals surface area contributed by atoms with Crippen LogP contribution in [0, 0.1) is 0 Å². The highest BCUT2D eigenvalue weighted by atomic mass is 16.3. The quantitative estimate of drug-likeness (QED) is 0.251. The molecular weight excluding hydrogens is 490 g/mol. The van der Waals surface area contributed by atoms with Gasteiger partial charge in [-0.1, -0.05) is 36.4 Å². The molecule has 5 aromatic heterocycles. The number of aromatic amines is 2. The van der Waals surface area contributed by atoms with Crippen molar-refractivity contribution in [3.63, 3.8) is 0 Å². The lowest BCUT2D eigenvalue weighted by Crippen LogP contribution is -2.14. The standard InChI is InChI=1S/C30H21N7O2/c38-26(12-18-4-2-1-3-5-18)33-22-13-21(15-31-16-22)19-6-7-24-23(14-19)28(37-36-24)30-34-25-8-10-32-27(29(25)35-30)20-9-11-39-17-20/h1-11,13-17H,12H2,(H,33,38)(H,34,35)(H,36,37). The van der Waals surface area contributed by atoms with E-state index >= 15 is 0 Å². The number of fused-ring (bicyclic) bond motifs is 2. The van der Waals surface area contributed by atoms with Crippen LogP contribution in [0.3, 0.4) is 0 Å². The minimum Gasteiger partial charge on any atom is -0.472 e. The van der Waals surface area contributed by atoms with Crippen LogP contribution in [-0.2, 0) is 11.2 Å². The molecule has 9 nitrogen and oxygen atoms in total. The highest BCUT2D eigenvalue weighted by Gasteiger charge is 2.17. The zero-order valence-corrected chi connectivity index (χ0v) is 20.6. The molecule has 0 fully saturated rings. The summed E-state index contributed by atoms with van der Waals surface area (Å²) in [5.41, 5.74) is 8.16. The Labute approximate surface area is 222 Å². The van der Waals surface area contributed by atoms with Gasteiger partial charge in [0.25, 0.3) is 0 Å². The number of carbonyl (C=O) groups excluding carboxylic acids is 1. The van der Waals surface area contributed by atoms with Crippen LogP contribution in [0.4, 0.5) is 5.69 Å². The number of hydrogen-bond donors (Lipinski definition) is 3. The number of anilines is 1. The van der Waals surface area contributed by atoms with Gasteiger partial charge >= 0.3 is 0 Å². The SMILES string of the molecule is O=C(Cc1ccccc1)Nc1cncc(-c2ccc3[nH]nc(-c4nc5c(-c6ccoc6)nccc5[nH]4)c3c2)c1. The van der Waals surface area contributed by atoms with Gasteiger partial charge in [0, 0.05) is 28.9 Å². The molecule has 39 heavy (non-hydrogen) atoms. The van der Waals surface area contributed by atoms with E-state index in [1.807, 2.05) is 66.7 Å². The third kappa shape index (κ3) is 4.31. The van der Waals surface area contributed by atoms with E-state index in [-0.39, 0.29) is 5.91 Å². The Kier molecular flexibility index (Phi) is 5.44. The third-order valence-corrected chi connectivity index (χ3v) is 6.55. The summed E-state index contributed by atoms with van der Waals surface area (Å²) in [5, 5.41) is 11.5. The lowest BCUT2D eigenvalue weighted by molar-refractivity contribution is -0.115. The highest BCUT2D eigenvalue weighted by Crippen LogP contribution is 2.32. The molecule has 7 aromatic rings. The molecular formula is C30H21N7O2. The first-order valence-electron chi connectivity index (χ1n) is 12.4. The third-order valence-electron chi connectivity index (χ3n) is 6.55. The number of imidazole rings is 1. The number of benzene rings is 2. The number of hydrogen-bond acceptors (Lipinski definition) is 6. The topological polar surface area (TPSA) is 125 Å². The molecule has 9 heteroatoms. The number of nitrogens with one attached hydrogen (secondary N) is 3. The van der Waals surface area contributed by atoms with Crippen molar-refractivity contribution in [2.24, 2.45) is 0 Å². The number of H-pyrrole nitrogens is 2. The van der Waals surface area contributed by atoms with Crippen molar-refractivity contribution in [1.82, 2.24) is 30.1 Å². The van der Waals surface area contributed by atoms with Gasteiger partial charge in [0.1, 0.15) is 16.9 Å². The van der Waals surface area contributed by atoms with Crippen molar-refractivity contribution in [1.29, 1.82) is 0 Å². The van der Waals surface area contributed by atoms with Crippen LogP contribution in [0.2, 0.25) is 0 Å². The van der Waals surface area contributed by atoms with Gasteiger partial charge in [0.15, 0.2) is 5.82 Å². The average Bonchev–Trinajstić information content (AvgIpc) is 3.73. The Balaban J connectivity index is 1.21. The van der Waals surface area contributed by atoms with Crippen LogP contribution in [0.25, 0.3) is 55.8 Å². The predicted molar refractivity (Wildman–Crippen MR) is 149 cm³/mol. The Morgan fingerprint density at radius 1 is 0.897 bits per heavy atom. The van der Waals surface area contributed by atoms with Crippen molar-refractivity contribution in [2.75, 3.05) is 5.32 Å². The number of nitrogens with zero attached hydrogens (tertiary/aromatic N) is 4. The summed E-state index contributed by atoms with van der Waals surface area (Å²) in [4.78, 5) is 29.7. The van der Waals surface area contributed by atoms with Crippen molar-refractivity contribution in [3.8, 4) is 33.9 Å². The first-order valence-corrected chi connectivity index (χ1v) is 12.4. The van der Waals surface area contributed by atoms with Crippen LogP contribution in [0.15, 0.2) is 102 Å². The normalized spacial score (nSPS) is 11.3. The van der Waals surface area contributed by atoms with Gasteiger partial charge in [-0.05, 0) is 41.5 Å². The Morgan fingerprint density at radius 2 is 1.82 bits per heavy atom. The molecule has 0 atom stereocenters. The molecule has 5 heterocycles.